The Balaban J connectivity index is 2.47. The van der Waals surface area contributed by atoms with Gasteiger partial charge in [0.15, 0.2) is 0 Å². The van der Waals surface area contributed by atoms with Gasteiger partial charge in [-0.1, -0.05) is 18.2 Å². The second kappa shape index (κ2) is 7.73. The number of aromatic nitrogens is 1. The number of amides is 1. The minimum Gasteiger partial charge on any atom is -0.466 e. The maximum Gasteiger partial charge on any atom is 0.441 e. The van der Waals surface area contributed by atoms with Gasteiger partial charge in [-0.15, -0.1) is 0 Å². The molecular formula is C16H13BrF3N3O3. The smallest absolute Gasteiger partial charge is 0.441 e. The van der Waals surface area contributed by atoms with Gasteiger partial charge in [0, 0.05) is 16.2 Å². The minimum absolute atomic E-state index is 0.0596. The molecule has 0 saturated heterocycles. The Morgan fingerprint density at radius 1 is 1.12 bits per heavy atom. The monoisotopic (exact) mass is 431 g/mol. The van der Waals surface area contributed by atoms with Crippen LogP contribution in [0.1, 0.15) is 10.4 Å². The lowest BCUT2D eigenvalue weighted by Crippen LogP contribution is -2.69. The number of ether oxygens (including phenoxy) is 1. The summed E-state index contributed by atoms with van der Waals surface area (Å²) in [5.41, 5.74) is -3.58. The third-order valence-electron chi connectivity index (χ3n) is 3.30. The Kier molecular flexibility index (Phi) is 5.86. The average Bonchev–Trinajstić information content (AvgIpc) is 2.62. The second-order valence-corrected chi connectivity index (χ2v) is 5.96. The Morgan fingerprint density at radius 3 is 2.27 bits per heavy atom. The highest BCUT2D eigenvalue weighted by atomic mass is 79.9. The highest BCUT2D eigenvalue weighted by molar-refractivity contribution is 9.10. The van der Waals surface area contributed by atoms with Crippen LogP contribution >= 0.6 is 15.9 Å². The van der Waals surface area contributed by atoms with Gasteiger partial charge in [0.05, 0.1) is 7.11 Å². The molecule has 1 atom stereocenters. The number of carbonyl (C=O) groups is 2. The van der Waals surface area contributed by atoms with Crippen molar-refractivity contribution in [1.29, 1.82) is 0 Å². The molecule has 2 aromatic rings. The molecule has 0 fully saturated rings. The summed E-state index contributed by atoms with van der Waals surface area (Å²) in [6.07, 6.45) is -3.99. The van der Waals surface area contributed by atoms with Gasteiger partial charge in [0.1, 0.15) is 5.82 Å². The molecule has 0 bridgehead atoms. The van der Waals surface area contributed by atoms with Crippen molar-refractivity contribution in [3.05, 3.63) is 58.7 Å². The first-order valence-electron chi connectivity index (χ1n) is 7.12. The van der Waals surface area contributed by atoms with Crippen molar-refractivity contribution < 1.29 is 27.5 Å². The Morgan fingerprint density at radius 2 is 1.77 bits per heavy atom. The quantitative estimate of drug-likeness (QED) is 0.561. The zero-order chi connectivity index (χ0) is 19.4. The number of hydrogen-bond donors (Lipinski definition) is 2. The van der Waals surface area contributed by atoms with E-state index in [2.05, 4.69) is 25.7 Å². The normalized spacial score (nSPS) is 13.4. The van der Waals surface area contributed by atoms with Crippen LogP contribution in [-0.2, 0) is 9.53 Å². The molecular weight excluding hydrogens is 419 g/mol. The van der Waals surface area contributed by atoms with Crippen molar-refractivity contribution in [2.75, 3.05) is 12.4 Å². The van der Waals surface area contributed by atoms with Crippen molar-refractivity contribution in [3.63, 3.8) is 0 Å². The maximum atomic E-state index is 13.8. The first-order valence-corrected chi connectivity index (χ1v) is 7.91. The molecule has 0 saturated carbocycles. The van der Waals surface area contributed by atoms with Crippen molar-refractivity contribution in [1.82, 2.24) is 10.3 Å². The first kappa shape index (κ1) is 19.7. The van der Waals surface area contributed by atoms with Crippen LogP contribution in [0.3, 0.4) is 0 Å². The molecule has 1 heterocycles. The fraction of sp³-hybridized carbons (Fsp3) is 0.188. The van der Waals surface area contributed by atoms with E-state index in [0.717, 1.165) is 7.11 Å². The molecule has 0 aliphatic heterocycles. The van der Waals surface area contributed by atoms with Crippen molar-refractivity contribution >= 4 is 33.6 Å². The predicted octanol–water partition coefficient (Wildman–Crippen LogP) is 3.12. The van der Waals surface area contributed by atoms with Crippen LogP contribution in [0.15, 0.2) is 53.1 Å². The van der Waals surface area contributed by atoms with E-state index in [0.29, 0.717) is 4.47 Å². The van der Waals surface area contributed by atoms with Crippen LogP contribution in [-0.4, -0.2) is 35.8 Å². The van der Waals surface area contributed by atoms with E-state index in [4.69, 9.17) is 0 Å². The third-order valence-corrected chi connectivity index (χ3v) is 3.77. The molecule has 0 spiro atoms. The van der Waals surface area contributed by atoms with E-state index >= 15 is 0 Å². The maximum absolute atomic E-state index is 13.8. The summed E-state index contributed by atoms with van der Waals surface area (Å²) in [5.74, 6) is -3.14. The van der Waals surface area contributed by atoms with Crippen LogP contribution in [0.2, 0.25) is 0 Å². The summed E-state index contributed by atoms with van der Waals surface area (Å²) < 4.78 is 46.3. The number of alkyl halides is 3. The second-order valence-electron chi connectivity index (χ2n) is 5.05. The number of hydrogen-bond acceptors (Lipinski definition) is 5. The number of pyridine rings is 1. The Labute approximate surface area is 154 Å². The van der Waals surface area contributed by atoms with Crippen molar-refractivity contribution in [3.8, 4) is 0 Å². The third kappa shape index (κ3) is 4.13. The summed E-state index contributed by atoms with van der Waals surface area (Å²) >= 11 is 3.10. The van der Waals surface area contributed by atoms with Gasteiger partial charge in [-0.2, -0.15) is 13.2 Å². The fourth-order valence-electron chi connectivity index (χ4n) is 2.02. The topological polar surface area (TPSA) is 80.3 Å². The molecule has 0 aliphatic carbocycles. The molecule has 2 rings (SSSR count). The summed E-state index contributed by atoms with van der Waals surface area (Å²) in [5, 5.41) is 3.65. The Bertz CT molecular complexity index is 785. The first-order chi connectivity index (χ1) is 12.2. The highest BCUT2D eigenvalue weighted by Crippen LogP contribution is 2.33. The number of benzene rings is 1. The van der Waals surface area contributed by atoms with Crippen LogP contribution in [0, 0.1) is 0 Å². The van der Waals surface area contributed by atoms with E-state index in [9.17, 15) is 22.8 Å². The van der Waals surface area contributed by atoms with Gasteiger partial charge >= 0.3 is 17.8 Å². The Hall–Kier alpha value is -2.62. The SMILES string of the molecule is COC(=O)[C@](NC(=O)c1ccccc1)(Nc1ccc(Br)cn1)C(F)(F)F. The van der Waals surface area contributed by atoms with Gasteiger partial charge in [-0.05, 0) is 40.2 Å². The number of nitrogens with one attached hydrogen (secondary N) is 2. The molecule has 1 aromatic carbocycles. The molecule has 2 N–H and O–H groups in total. The van der Waals surface area contributed by atoms with E-state index < -0.39 is 23.7 Å². The summed E-state index contributed by atoms with van der Waals surface area (Å²) in [7, 11) is 0.786. The fourth-order valence-corrected chi connectivity index (χ4v) is 2.25. The lowest BCUT2D eigenvalue weighted by Gasteiger charge is -2.34. The van der Waals surface area contributed by atoms with E-state index in [1.54, 1.807) is 11.4 Å². The van der Waals surface area contributed by atoms with E-state index in [1.165, 1.54) is 42.6 Å². The van der Waals surface area contributed by atoms with Gasteiger partial charge in [0.25, 0.3) is 5.91 Å². The lowest BCUT2D eigenvalue weighted by molar-refractivity contribution is -0.203. The number of methoxy groups -OCH3 is 1. The molecule has 26 heavy (non-hydrogen) atoms. The molecule has 138 valence electrons. The largest absolute Gasteiger partial charge is 0.466 e. The predicted molar refractivity (Wildman–Crippen MR) is 90.3 cm³/mol. The molecule has 0 radical (unpaired) electrons. The van der Waals surface area contributed by atoms with Crippen molar-refractivity contribution in [2.45, 2.75) is 11.8 Å². The van der Waals surface area contributed by atoms with Crippen molar-refractivity contribution in [2.24, 2.45) is 0 Å². The number of rotatable bonds is 5. The van der Waals surface area contributed by atoms with Crippen LogP contribution in [0.25, 0.3) is 0 Å². The van der Waals surface area contributed by atoms with Gasteiger partial charge < -0.3 is 15.4 Å². The van der Waals surface area contributed by atoms with Crippen LogP contribution in [0.4, 0.5) is 19.0 Å². The number of carbonyl (C=O) groups excluding carboxylic acids is 2. The number of halogens is 4. The molecule has 1 aromatic heterocycles. The zero-order valence-electron chi connectivity index (χ0n) is 13.3. The van der Waals surface area contributed by atoms with Gasteiger partial charge in [0.2, 0.25) is 0 Å². The van der Waals surface area contributed by atoms with Gasteiger partial charge in [-0.25, -0.2) is 9.78 Å². The molecule has 0 aliphatic rings. The molecule has 6 nitrogen and oxygen atoms in total. The number of anilines is 1. The van der Waals surface area contributed by atoms with Gasteiger partial charge in [-0.3, -0.25) is 4.79 Å². The van der Waals surface area contributed by atoms with Crippen LogP contribution < -0.4 is 10.6 Å². The van der Waals surface area contributed by atoms with E-state index in [-0.39, 0.29) is 11.4 Å². The highest BCUT2D eigenvalue weighted by Gasteiger charge is 2.63. The number of esters is 1. The molecule has 0 unspecified atom stereocenters. The lowest BCUT2D eigenvalue weighted by atomic mass is 10.1. The molecule has 10 heteroatoms. The standard InChI is InChI=1S/C16H13BrF3N3O3/c1-26-14(25)15(16(18,19)20,22-12-8-7-11(17)9-21-12)23-13(24)10-5-3-2-4-6-10/h2-9H,1H3,(H,21,22)(H,23,24)/t15-/m1/s1. The minimum atomic E-state index is -5.22. The summed E-state index contributed by atoms with van der Waals surface area (Å²) in [6.45, 7) is 0. The van der Waals surface area contributed by atoms with E-state index in [1.807, 2.05) is 5.32 Å². The van der Waals surface area contributed by atoms with Crippen LogP contribution in [0.5, 0.6) is 0 Å². The number of nitrogens with zero attached hydrogens (tertiary/aromatic N) is 1. The average molecular weight is 432 g/mol. The summed E-state index contributed by atoms with van der Waals surface area (Å²) in [6, 6.07) is 9.81. The summed E-state index contributed by atoms with van der Waals surface area (Å²) in [4.78, 5) is 28.1. The molecule has 1 amide bonds. The zero-order valence-corrected chi connectivity index (χ0v) is 14.9.